The smallest absolute Gasteiger partial charge is 0.110 e. The van der Waals surface area contributed by atoms with Crippen LogP contribution in [0.25, 0.3) is 0 Å². The minimum atomic E-state index is -0.0277. The maximum atomic E-state index is 6.36. The molecule has 0 fully saturated rings. The molecule has 1 aromatic rings. The molecule has 0 aliphatic heterocycles. The van der Waals surface area contributed by atoms with Gasteiger partial charge >= 0.3 is 0 Å². The number of halogens is 1. The van der Waals surface area contributed by atoms with Gasteiger partial charge in [0.25, 0.3) is 0 Å². The Bertz CT molecular complexity index is 440. The van der Waals surface area contributed by atoms with Crippen LogP contribution in [-0.4, -0.2) is 19.0 Å². The van der Waals surface area contributed by atoms with Crippen LogP contribution < -0.4 is 0 Å². The molecule has 27 heavy (non-hydrogen) atoms. The second-order valence-corrected chi connectivity index (χ2v) is 8.80. The molecule has 0 heterocycles. The number of hydrogen-bond acceptors (Lipinski definition) is 1. The summed E-state index contributed by atoms with van der Waals surface area (Å²) < 4.78 is 0. The molecule has 2 heteroatoms. The van der Waals surface area contributed by atoms with E-state index >= 15 is 0 Å². The van der Waals surface area contributed by atoms with Gasteiger partial charge in [-0.25, -0.2) is 0 Å². The highest BCUT2D eigenvalue weighted by Crippen LogP contribution is 2.23. The number of alkyl halides is 1. The first-order valence-corrected chi connectivity index (χ1v) is 12.0. The fraction of sp³-hybridized carbons (Fsp3) is 0.760. The Kier molecular flexibility index (Phi) is 14.9. The molecule has 0 amide bonds. The zero-order valence-corrected chi connectivity index (χ0v) is 19.1. The van der Waals surface area contributed by atoms with E-state index in [0.29, 0.717) is 0 Å². The minimum Gasteiger partial charge on any atom is -0.290 e. The maximum absolute atomic E-state index is 6.36. The van der Waals surface area contributed by atoms with Gasteiger partial charge in [-0.15, -0.1) is 11.6 Å². The Morgan fingerprint density at radius 1 is 0.667 bits per heavy atom. The monoisotopic (exact) mass is 393 g/mol. The molecule has 1 nitrogen and oxygen atoms in total. The van der Waals surface area contributed by atoms with Crippen molar-refractivity contribution in [1.29, 1.82) is 0 Å². The molecular formula is C25H44ClN. The van der Waals surface area contributed by atoms with Gasteiger partial charge in [-0.05, 0) is 38.1 Å². The Morgan fingerprint density at radius 3 is 1.48 bits per heavy atom. The number of rotatable bonds is 17. The quantitative estimate of drug-likeness (QED) is 0.145. The van der Waals surface area contributed by atoms with Crippen molar-refractivity contribution in [2.24, 2.45) is 0 Å². The van der Waals surface area contributed by atoms with Crippen molar-refractivity contribution < 1.29 is 0 Å². The van der Waals surface area contributed by atoms with Crippen molar-refractivity contribution in [3.63, 3.8) is 0 Å². The third-order valence-corrected chi connectivity index (χ3v) is 6.17. The van der Waals surface area contributed by atoms with Crippen LogP contribution in [-0.2, 0) is 6.42 Å². The second kappa shape index (κ2) is 16.4. The van der Waals surface area contributed by atoms with Gasteiger partial charge in [-0.2, -0.15) is 0 Å². The Hall–Kier alpha value is -0.530. The maximum Gasteiger partial charge on any atom is 0.110 e. The number of unbranched alkanes of at least 4 members (excludes halogenated alkanes) is 13. The van der Waals surface area contributed by atoms with Crippen LogP contribution in [0, 0.1) is 0 Å². The standard InChI is InChI=1S/C25H44ClN/c1-4-5-6-7-8-9-10-11-12-13-14-15-16-17-18-23-19-21-24(22-20-23)25(26)27(2)3/h19-22,25H,4-18H2,1-3H3. The molecule has 0 aromatic heterocycles. The zero-order valence-electron chi connectivity index (χ0n) is 18.3. The van der Waals surface area contributed by atoms with Gasteiger partial charge in [0.05, 0.1) is 0 Å². The Labute approximate surface area is 174 Å². The van der Waals surface area contributed by atoms with Gasteiger partial charge in [0.2, 0.25) is 0 Å². The third-order valence-electron chi connectivity index (χ3n) is 5.53. The average molecular weight is 394 g/mol. The van der Waals surface area contributed by atoms with Crippen molar-refractivity contribution in [1.82, 2.24) is 4.90 Å². The highest BCUT2D eigenvalue weighted by Gasteiger charge is 2.09. The van der Waals surface area contributed by atoms with Crippen LogP contribution in [0.2, 0.25) is 0 Å². The SMILES string of the molecule is CCCCCCCCCCCCCCCCc1ccc(C(Cl)N(C)C)cc1. The molecule has 0 aliphatic rings. The van der Waals surface area contributed by atoms with E-state index in [4.69, 9.17) is 11.6 Å². The van der Waals surface area contributed by atoms with Crippen LogP contribution >= 0.6 is 11.6 Å². The summed E-state index contributed by atoms with van der Waals surface area (Å²) in [5.41, 5.74) is 2.60. The predicted octanol–water partition coefficient (Wildman–Crippen LogP) is 8.51. The van der Waals surface area contributed by atoms with Crippen molar-refractivity contribution in [3.8, 4) is 0 Å². The molecule has 1 atom stereocenters. The second-order valence-electron chi connectivity index (χ2n) is 8.39. The lowest BCUT2D eigenvalue weighted by molar-refractivity contribution is 0.384. The summed E-state index contributed by atoms with van der Waals surface area (Å²) in [7, 11) is 4.03. The van der Waals surface area contributed by atoms with Gasteiger partial charge in [0.15, 0.2) is 0 Å². The van der Waals surface area contributed by atoms with E-state index < -0.39 is 0 Å². The lowest BCUT2D eigenvalue weighted by Gasteiger charge is -2.18. The molecule has 1 aromatic carbocycles. The summed E-state index contributed by atoms with van der Waals surface area (Å²) in [5, 5.41) is 0. The fourth-order valence-electron chi connectivity index (χ4n) is 3.66. The lowest BCUT2D eigenvalue weighted by atomic mass is 10.0. The molecular weight excluding hydrogens is 350 g/mol. The first-order valence-electron chi connectivity index (χ1n) is 11.5. The third kappa shape index (κ3) is 12.5. The normalized spacial score (nSPS) is 12.6. The molecule has 0 saturated carbocycles. The summed E-state index contributed by atoms with van der Waals surface area (Å²) in [6.45, 7) is 2.29. The molecule has 0 radical (unpaired) electrons. The van der Waals surface area contributed by atoms with E-state index in [1.807, 2.05) is 19.0 Å². The Morgan fingerprint density at radius 2 is 1.07 bits per heavy atom. The number of aryl methyl sites for hydroxylation is 1. The first kappa shape index (κ1) is 24.5. The number of hydrogen-bond donors (Lipinski definition) is 0. The molecule has 0 bridgehead atoms. The molecule has 1 rings (SSSR count). The van der Waals surface area contributed by atoms with Gasteiger partial charge in [-0.3, -0.25) is 4.90 Å². The largest absolute Gasteiger partial charge is 0.290 e. The first-order chi connectivity index (χ1) is 13.1. The van der Waals surface area contributed by atoms with E-state index in [1.54, 1.807) is 0 Å². The topological polar surface area (TPSA) is 3.24 Å². The summed E-state index contributed by atoms with van der Waals surface area (Å²) >= 11 is 6.36. The van der Waals surface area contributed by atoms with Gasteiger partial charge in [0, 0.05) is 0 Å². The molecule has 0 N–H and O–H groups in total. The molecule has 0 aliphatic carbocycles. The molecule has 156 valence electrons. The van der Waals surface area contributed by atoms with Crippen LogP contribution in [0.3, 0.4) is 0 Å². The molecule has 0 saturated heterocycles. The van der Waals surface area contributed by atoms with Crippen LogP contribution in [0.1, 0.15) is 113 Å². The summed E-state index contributed by atoms with van der Waals surface area (Å²) in [5.74, 6) is 0. The minimum absolute atomic E-state index is 0.0277. The number of benzene rings is 1. The van der Waals surface area contributed by atoms with E-state index in [0.717, 1.165) is 0 Å². The van der Waals surface area contributed by atoms with Crippen LogP contribution in [0.5, 0.6) is 0 Å². The van der Waals surface area contributed by atoms with Crippen molar-refractivity contribution in [2.75, 3.05) is 14.1 Å². The van der Waals surface area contributed by atoms with Crippen molar-refractivity contribution >= 4 is 11.6 Å². The summed E-state index contributed by atoms with van der Waals surface area (Å²) in [4.78, 5) is 2.03. The van der Waals surface area contributed by atoms with Gasteiger partial charge < -0.3 is 0 Å². The molecule has 0 spiro atoms. The van der Waals surface area contributed by atoms with Crippen LogP contribution in [0.4, 0.5) is 0 Å². The van der Waals surface area contributed by atoms with E-state index in [9.17, 15) is 0 Å². The fourth-order valence-corrected chi connectivity index (χ4v) is 3.81. The Balaban J connectivity index is 1.91. The summed E-state index contributed by atoms with van der Waals surface area (Å²) in [6, 6.07) is 8.85. The molecule has 1 unspecified atom stereocenters. The highest BCUT2D eigenvalue weighted by molar-refractivity contribution is 6.20. The lowest BCUT2D eigenvalue weighted by Crippen LogP contribution is -2.14. The zero-order chi connectivity index (χ0) is 19.7. The van der Waals surface area contributed by atoms with Gasteiger partial charge in [0.1, 0.15) is 5.50 Å². The van der Waals surface area contributed by atoms with Crippen molar-refractivity contribution in [3.05, 3.63) is 35.4 Å². The highest BCUT2D eigenvalue weighted by atomic mass is 35.5. The van der Waals surface area contributed by atoms with Crippen molar-refractivity contribution in [2.45, 2.75) is 109 Å². The van der Waals surface area contributed by atoms with E-state index in [-0.39, 0.29) is 5.50 Å². The predicted molar refractivity (Wildman–Crippen MR) is 123 cm³/mol. The van der Waals surface area contributed by atoms with E-state index in [2.05, 4.69) is 31.2 Å². The van der Waals surface area contributed by atoms with E-state index in [1.165, 1.54) is 107 Å². The van der Waals surface area contributed by atoms with Crippen LogP contribution in [0.15, 0.2) is 24.3 Å². The average Bonchev–Trinajstić information content (AvgIpc) is 2.68. The summed E-state index contributed by atoms with van der Waals surface area (Å²) in [6.07, 6.45) is 21.1. The number of nitrogens with zero attached hydrogens (tertiary/aromatic N) is 1. The van der Waals surface area contributed by atoms with Gasteiger partial charge in [-0.1, -0.05) is 115 Å².